The number of ether oxygens (including phenoxy) is 2. The third-order valence-electron chi connectivity index (χ3n) is 8.61. The Labute approximate surface area is 255 Å². The highest BCUT2D eigenvalue weighted by molar-refractivity contribution is 6.05. The molecule has 4 N–H and O–H groups in total. The van der Waals surface area contributed by atoms with Gasteiger partial charge in [-0.25, -0.2) is 19.6 Å². The predicted molar refractivity (Wildman–Crippen MR) is 159 cm³/mol. The second kappa shape index (κ2) is 13.6. The second-order valence-electron chi connectivity index (χ2n) is 11.2. The highest BCUT2D eigenvalue weighted by Crippen LogP contribution is 2.46. The molecule has 2 fully saturated rings. The molecule has 3 aromatic rings. The van der Waals surface area contributed by atoms with Crippen molar-refractivity contribution in [3.63, 3.8) is 0 Å². The summed E-state index contributed by atoms with van der Waals surface area (Å²) in [6.45, 7) is 0. The Morgan fingerprint density at radius 3 is 1.57 bits per heavy atom. The molecule has 0 saturated heterocycles. The monoisotopic (exact) mass is 600 g/mol. The van der Waals surface area contributed by atoms with Gasteiger partial charge < -0.3 is 30.1 Å². The van der Waals surface area contributed by atoms with Crippen LogP contribution in [-0.4, -0.2) is 70.0 Å². The zero-order valence-electron chi connectivity index (χ0n) is 24.8. The molecule has 44 heavy (non-hydrogen) atoms. The minimum Gasteiger partial charge on any atom is -0.467 e. The normalized spacial score (nSPS) is 16.0. The van der Waals surface area contributed by atoms with Crippen molar-refractivity contribution < 1.29 is 28.7 Å². The summed E-state index contributed by atoms with van der Waals surface area (Å²) in [7, 11) is 2.50. The van der Waals surface area contributed by atoms with E-state index in [1.54, 1.807) is 18.5 Å². The fourth-order valence-electron chi connectivity index (χ4n) is 5.86. The van der Waals surface area contributed by atoms with E-state index in [1.165, 1.54) is 26.9 Å². The summed E-state index contributed by atoms with van der Waals surface area (Å²) < 4.78 is 9.94. The zero-order valence-corrected chi connectivity index (χ0v) is 24.8. The number of H-pyrrole nitrogens is 2. The molecule has 2 saturated carbocycles. The van der Waals surface area contributed by atoms with Crippen molar-refractivity contribution in [1.82, 2.24) is 30.6 Å². The van der Waals surface area contributed by atoms with Crippen LogP contribution in [0.3, 0.4) is 0 Å². The molecule has 12 heteroatoms. The van der Waals surface area contributed by atoms with Crippen LogP contribution < -0.4 is 10.6 Å². The molecule has 230 valence electrons. The first-order chi connectivity index (χ1) is 21.3. The standard InChI is InChI=1S/C32H36N6O6/c1-4-22-27(18-7-5-8-18)23(29(39)37-25(31(41)43-2)11-20-14-33-16-35-20)13-24(28(22)19-9-6-10-19)30(40)38-26(32(42)44-3)12-21-15-34-17-36-21/h1,13-19,25-26H,5-12H2,2-3H3,(H,33,35)(H,34,36)(H,37,39)(H,38,40)/t25-,26+. The van der Waals surface area contributed by atoms with Gasteiger partial charge in [-0.15, -0.1) is 6.42 Å². The average Bonchev–Trinajstić information content (AvgIpc) is 3.68. The molecule has 0 unspecified atom stereocenters. The molecule has 0 bridgehead atoms. The number of nitrogens with one attached hydrogen (secondary N) is 4. The van der Waals surface area contributed by atoms with Crippen molar-refractivity contribution in [1.29, 1.82) is 0 Å². The van der Waals surface area contributed by atoms with Crippen LogP contribution in [0.2, 0.25) is 0 Å². The fourth-order valence-corrected chi connectivity index (χ4v) is 5.86. The van der Waals surface area contributed by atoms with Gasteiger partial charge in [-0.1, -0.05) is 18.8 Å². The minimum absolute atomic E-state index is 0.0464. The lowest BCUT2D eigenvalue weighted by atomic mass is 9.69. The Kier molecular flexibility index (Phi) is 9.43. The molecule has 2 amide bonds. The van der Waals surface area contributed by atoms with Crippen molar-refractivity contribution >= 4 is 23.8 Å². The van der Waals surface area contributed by atoms with E-state index < -0.39 is 35.8 Å². The van der Waals surface area contributed by atoms with Gasteiger partial charge in [0.15, 0.2) is 0 Å². The van der Waals surface area contributed by atoms with E-state index in [0.717, 1.165) is 49.7 Å². The third kappa shape index (κ3) is 6.37. The first-order valence-corrected chi connectivity index (χ1v) is 14.7. The molecular formula is C32H36N6O6. The number of terminal acetylenes is 1. The largest absolute Gasteiger partial charge is 0.467 e. The molecule has 0 aliphatic heterocycles. The number of rotatable bonds is 12. The predicted octanol–water partition coefficient (Wildman–Crippen LogP) is 2.68. The van der Waals surface area contributed by atoms with Crippen molar-refractivity contribution in [2.75, 3.05) is 14.2 Å². The number of hydrogen-bond donors (Lipinski definition) is 4. The smallest absolute Gasteiger partial charge is 0.328 e. The first kappa shape index (κ1) is 30.5. The molecule has 2 atom stereocenters. The SMILES string of the molecule is C#Cc1c(C2CCC2)c(C(=O)N[C@@H](Cc2cnc[nH]2)C(=O)OC)cc(C(=O)N[C@H](Cc2cnc[nH]2)C(=O)OC)c1C1CCC1. The number of aromatic nitrogens is 4. The molecule has 2 aromatic heterocycles. The van der Waals surface area contributed by atoms with E-state index in [9.17, 15) is 19.2 Å². The van der Waals surface area contributed by atoms with Crippen molar-refractivity contribution in [3.8, 4) is 12.3 Å². The van der Waals surface area contributed by atoms with Crippen LogP contribution in [0.15, 0.2) is 31.1 Å². The van der Waals surface area contributed by atoms with Gasteiger partial charge in [0.25, 0.3) is 11.8 Å². The molecule has 2 aliphatic rings. The second-order valence-corrected chi connectivity index (χ2v) is 11.2. The van der Waals surface area contributed by atoms with Crippen LogP contribution in [0.1, 0.15) is 99.2 Å². The van der Waals surface area contributed by atoms with Gasteiger partial charge in [0.2, 0.25) is 0 Å². The summed E-state index contributed by atoms with van der Waals surface area (Å²) in [6, 6.07) is -0.460. The van der Waals surface area contributed by atoms with Gasteiger partial charge in [0.1, 0.15) is 12.1 Å². The number of aromatic amines is 2. The molecule has 0 spiro atoms. The highest BCUT2D eigenvalue weighted by Gasteiger charge is 2.37. The Hall–Kier alpha value is -4.92. The number of esters is 2. The van der Waals surface area contributed by atoms with E-state index in [0.29, 0.717) is 17.0 Å². The number of nitrogens with zero attached hydrogens (tertiary/aromatic N) is 2. The summed E-state index contributed by atoms with van der Waals surface area (Å²) >= 11 is 0. The molecule has 5 rings (SSSR count). The van der Waals surface area contributed by atoms with Gasteiger partial charge in [0.05, 0.1) is 26.9 Å². The number of hydrogen-bond acceptors (Lipinski definition) is 8. The number of carbonyl (C=O) groups excluding carboxylic acids is 4. The van der Waals surface area contributed by atoms with Crippen molar-refractivity contribution in [3.05, 3.63) is 70.3 Å². The van der Waals surface area contributed by atoms with E-state index in [2.05, 4.69) is 36.5 Å². The van der Waals surface area contributed by atoms with E-state index in [4.69, 9.17) is 15.9 Å². The average molecular weight is 601 g/mol. The maximum absolute atomic E-state index is 14.0. The Bertz CT molecular complexity index is 1440. The summed E-state index contributed by atoms with van der Waals surface area (Å²) in [5, 5.41) is 5.62. The lowest BCUT2D eigenvalue weighted by molar-refractivity contribution is -0.143. The van der Waals surface area contributed by atoms with Crippen LogP contribution in [0.5, 0.6) is 0 Å². The Morgan fingerprint density at radius 1 is 0.841 bits per heavy atom. The molecule has 1 aromatic carbocycles. The van der Waals surface area contributed by atoms with Crippen molar-refractivity contribution in [2.45, 2.75) is 75.3 Å². The quantitative estimate of drug-likeness (QED) is 0.182. The van der Waals surface area contributed by atoms with Crippen molar-refractivity contribution in [2.24, 2.45) is 0 Å². The van der Waals surface area contributed by atoms with Crippen LogP contribution in [0, 0.1) is 12.3 Å². The van der Waals surface area contributed by atoms with Crippen LogP contribution in [0.4, 0.5) is 0 Å². The lowest BCUT2D eigenvalue weighted by Crippen LogP contribution is -2.45. The summed E-state index contributed by atoms with van der Waals surface area (Å²) in [6.07, 6.45) is 17.9. The maximum atomic E-state index is 14.0. The summed E-state index contributed by atoms with van der Waals surface area (Å²) in [5.74, 6) is 0.578. The summed E-state index contributed by atoms with van der Waals surface area (Å²) in [5.41, 5.74) is 3.73. The van der Waals surface area contributed by atoms with E-state index in [1.807, 2.05) is 0 Å². The van der Waals surface area contributed by atoms with Gasteiger partial charge >= 0.3 is 11.9 Å². The Morgan fingerprint density at radius 2 is 1.27 bits per heavy atom. The zero-order chi connectivity index (χ0) is 31.2. The topological polar surface area (TPSA) is 168 Å². The van der Waals surface area contributed by atoms with Crippen LogP contribution >= 0.6 is 0 Å². The van der Waals surface area contributed by atoms with Gasteiger partial charge in [-0.05, 0) is 54.7 Å². The van der Waals surface area contributed by atoms with E-state index in [-0.39, 0.29) is 35.8 Å². The highest BCUT2D eigenvalue weighted by atomic mass is 16.5. The molecule has 0 radical (unpaired) electrons. The number of carbonyl (C=O) groups is 4. The Balaban J connectivity index is 1.56. The minimum atomic E-state index is -1.02. The van der Waals surface area contributed by atoms with Gasteiger partial charge in [-0.2, -0.15) is 0 Å². The molecule has 12 nitrogen and oxygen atoms in total. The van der Waals surface area contributed by atoms with Gasteiger partial charge in [-0.3, -0.25) is 9.59 Å². The first-order valence-electron chi connectivity index (χ1n) is 14.7. The van der Waals surface area contributed by atoms with Crippen LogP contribution in [-0.2, 0) is 31.9 Å². The molecule has 2 aliphatic carbocycles. The number of methoxy groups -OCH3 is 2. The summed E-state index contributed by atoms with van der Waals surface area (Å²) in [4.78, 5) is 67.3. The van der Waals surface area contributed by atoms with Crippen LogP contribution in [0.25, 0.3) is 0 Å². The number of amides is 2. The van der Waals surface area contributed by atoms with E-state index >= 15 is 0 Å². The number of benzene rings is 1. The third-order valence-corrected chi connectivity index (χ3v) is 8.61. The van der Waals surface area contributed by atoms with Gasteiger partial charge in [0, 0.05) is 53.3 Å². The molecular weight excluding hydrogens is 564 g/mol. The maximum Gasteiger partial charge on any atom is 0.328 e. The fraction of sp³-hybridized carbons (Fsp3) is 0.438. The lowest BCUT2D eigenvalue weighted by Gasteiger charge is -2.35. The number of imidazole rings is 2. The molecule has 2 heterocycles.